The van der Waals surface area contributed by atoms with Gasteiger partial charge in [0.15, 0.2) is 0 Å². The van der Waals surface area contributed by atoms with E-state index in [0.717, 1.165) is 28.6 Å². The van der Waals surface area contributed by atoms with Crippen LogP contribution in [0.15, 0.2) is 54.9 Å². The molecule has 144 valence electrons. The van der Waals surface area contributed by atoms with E-state index in [1.165, 1.54) is 0 Å². The molecule has 1 aromatic carbocycles. The molecule has 0 aliphatic heterocycles. The number of aromatic nitrogens is 3. The third-order valence-corrected chi connectivity index (χ3v) is 4.42. The van der Waals surface area contributed by atoms with Crippen molar-refractivity contribution in [3.8, 4) is 0 Å². The van der Waals surface area contributed by atoms with Crippen LogP contribution in [0.3, 0.4) is 0 Å². The molecule has 0 atom stereocenters. The molecule has 6 nitrogen and oxygen atoms in total. The Hall–Kier alpha value is -3.28. The van der Waals surface area contributed by atoms with Gasteiger partial charge in [0, 0.05) is 54.9 Å². The lowest BCUT2D eigenvalue weighted by atomic mass is 10.1. The minimum Gasteiger partial charge on any atom is -0.366 e. The largest absolute Gasteiger partial charge is 0.366 e. The lowest BCUT2D eigenvalue weighted by molar-refractivity contribution is 0.0993. The van der Waals surface area contributed by atoms with Crippen molar-refractivity contribution < 1.29 is 4.79 Å². The number of benzene rings is 1. The highest BCUT2D eigenvalue weighted by molar-refractivity contribution is 6.05. The van der Waals surface area contributed by atoms with Gasteiger partial charge in [-0.15, -0.1) is 0 Å². The molecule has 0 fully saturated rings. The van der Waals surface area contributed by atoms with Gasteiger partial charge in [-0.05, 0) is 36.8 Å². The summed E-state index contributed by atoms with van der Waals surface area (Å²) >= 11 is 0. The molecule has 0 saturated carbocycles. The van der Waals surface area contributed by atoms with Gasteiger partial charge in [0.1, 0.15) is 11.6 Å². The molecule has 0 aliphatic rings. The van der Waals surface area contributed by atoms with E-state index in [1.54, 1.807) is 36.5 Å². The second-order valence-electron chi connectivity index (χ2n) is 7.03. The molecule has 1 N–H and O–H groups in total. The van der Waals surface area contributed by atoms with Crippen LogP contribution in [0.1, 0.15) is 47.2 Å². The smallest absolute Gasteiger partial charge is 0.258 e. The van der Waals surface area contributed by atoms with Crippen molar-refractivity contribution in [2.45, 2.75) is 33.2 Å². The number of nitrogens with zero attached hydrogens (tertiary/aromatic N) is 4. The van der Waals surface area contributed by atoms with Crippen LogP contribution in [0.4, 0.5) is 11.5 Å². The second-order valence-corrected chi connectivity index (χ2v) is 7.03. The second kappa shape index (κ2) is 8.61. The highest BCUT2D eigenvalue weighted by Gasteiger charge is 2.13. The van der Waals surface area contributed by atoms with Gasteiger partial charge in [0.05, 0.1) is 0 Å². The van der Waals surface area contributed by atoms with Gasteiger partial charge >= 0.3 is 0 Å². The molecule has 6 heteroatoms. The topological polar surface area (TPSA) is 71.0 Å². The standard InChI is InChI=1S/C22H25N5O/c1-15(2)21-25-16(3)13-20(26-21)24-14-17-5-7-19(8-6-17)27(4)22(28)18-9-11-23-12-10-18/h5-13,15H,14H2,1-4H3,(H,24,25,26). The SMILES string of the molecule is Cc1cc(NCc2ccc(N(C)C(=O)c3ccncc3)cc2)nc(C(C)C)n1. The lowest BCUT2D eigenvalue weighted by Gasteiger charge is -2.18. The summed E-state index contributed by atoms with van der Waals surface area (Å²) in [6, 6.07) is 13.3. The van der Waals surface area contributed by atoms with E-state index < -0.39 is 0 Å². The molecular formula is C22H25N5O. The summed E-state index contributed by atoms with van der Waals surface area (Å²) in [6.07, 6.45) is 3.24. The first-order valence-electron chi connectivity index (χ1n) is 9.30. The molecule has 0 radical (unpaired) electrons. The van der Waals surface area contributed by atoms with Crippen molar-refractivity contribution >= 4 is 17.4 Å². The molecule has 2 aromatic heterocycles. The Labute approximate surface area is 165 Å². The molecule has 28 heavy (non-hydrogen) atoms. The maximum absolute atomic E-state index is 12.5. The molecule has 0 saturated heterocycles. The Morgan fingerprint density at radius 3 is 2.39 bits per heavy atom. The van der Waals surface area contributed by atoms with Gasteiger partial charge in [-0.1, -0.05) is 26.0 Å². The summed E-state index contributed by atoms with van der Waals surface area (Å²) in [5, 5.41) is 3.36. The van der Waals surface area contributed by atoms with Crippen LogP contribution < -0.4 is 10.2 Å². The number of hydrogen-bond acceptors (Lipinski definition) is 5. The number of nitrogens with one attached hydrogen (secondary N) is 1. The van der Waals surface area contributed by atoms with Gasteiger partial charge < -0.3 is 10.2 Å². The van der Waals surface area contributed by atoms with Crippen LogP contribution >= 0.6 is 0 Å². The molecule has 0 spiro atoms. The van der Waals surface area contributed by atoms with Crippen molar-refractivity contribution in [3.05, 3.63) is 77.5 Å². The highest BCUT2D eigenvalue weighted by Crippen LogP contribution is 2.18. The summed E-state index contributed by atoms with van der Waals surface area (Å²) in [7, 11) is 1.77. The molecule has 3 rings (SSSR count). The maximum atomic E-state index is 12.5. The number of carbonyl (C=O) groups excluding carboxylic acids is 1. The van der Waals surface area contributed by atoms with Gasteiger partial charge in [-0.3, -0.25) is 9.78 Å². The Balaban J connectivity index is 1.66. The maximum Gasteiger partial charge on any atom is 0.258 e. The normalized spacial score (nSPS) is 10.8. The van der Waals surface area contributed by atoms with Crippen molar-refractivity contribution in [2.24, 2.45) is 0 Å². The fraction of sp³-hybridized carbons (Fsp3) is 0.273. The van der Waals surface area contributed by atoms with E-state index >= 15 is 0 Å². The first-order chi connectivity index (χ1) is 13.4. The quantitative estimate of drug-likeness (QED) is 0.699. The highest BCUT2D eigenvalue weighted by atomic mass is 16.2. The summed E-state index contributed by atoms with van der Waals surface area (Å²) in [6.45, 7) is 6.79. The number of anilines is 2. The number of rotatable bonds is 6. The van der Waals surface area contributed by atoms with Crippen LogP contribution in [0.25, 0.3) is 0 Å². The van der Waals surface area contributed by atoms with E-state index in [9.17, 15) is 4.79 Å². The number of hydrogen-bond donors (Lipinski definition) is 1. The summed E-state index contributed by atoms with van der Waals surface area (Å²) < 4.78 is 0. The van der Waals surface area contributed by atoms with Crippen LogP contribution in [0, 0.1) is 6.92 Å². The van der Waals surface area contributed by atoms with Crippen LogP contribution in [-0.4, -0.2) is 27.9 Å². The summed E-state index contributed by atoms with van der Waals surface area (Å²) in [5.41, 5.74) is 3.51. The van der Waals surface area contributed by atoms with E-state index in [1.807, 2.05) is 37.3 Å². The van der Waals surface area contributed by atoms with Crippen molar-refractivity contribution in [1.29, 1.82) is 0 Å². The Morgan fingerprint density at radius 2 is 1.75 bits per heavy atom. The molecule has 0 aliphatic carbocycles. The monoisotopic (exact) mass is 375 g/mol. The van der Waals surface area contributed by atoms with Crippen molar-refractivity contribution in [2.75, 3.05) is 17.3 Å². The lowest BCUT2D eigenvalue weighted by Crippen LogP contribution is -2.26. The van der Waals surface area contributed by atoms with Gasteiger partial charge in [0.25, 0.3) is 5.91 Å². The number of aryl methyl sites for hydroxylation is 1. The average molecular weight is 375 g/mol. The van der Waals surface area contributed by atoms with Gasteiger partial charge in [-0.25, -0.2) is 9.97 Å². The number of carbonyl (C=O) groups is 1. The molecular weight excluding hydrogens is 350 g/mol. The molecule has 3 aromatic rings. The third kappa shape index (κ3) is 4.71. The van der Waals surface area contributed by atoms with E-state index in [0.29, 0.717) is 12.1 Å². The molecule has 0 bridgehead atoms. The predicted molar refractivity (Wildman–Crippen MR) is 112 cm³/mol. The predicted octanol–water partition coefficient (Wildman–Crippen LogP) is 4.19. The Kier molecular flexibility index (Phi) is 5.99. The molecule has 2 heterocycles. The minimum absolute atomic E-state index is 0.0639. The Bertz CT molecular complexity index is 939. The summed E-state index contributed by atoms with van der Waals surface area (Å²) in [5.74, 6) is 1.89. The van der Waals surface area contributed by atoms with Crippen LogP contribution in [-0.2, 0) is 6.54 Å². The van der Waals surface area contributed by atoms with Gasteiger partial charge in [-0.2, -0.15) is 0 Å². The van der Waals surface area contributed by atoms with Crippen molar-refractivity contribution in [1.82, 2.24) is 15.0 Å². The van der Waals surface area contributed by atoms with Gasteiger partial charge in [0.2, 0.25) is 0 Å². The zero-order valence-electron chi connectivity index (χ0n) is 16.7. The Morgan fingerprint density at radius 1 is 1.07 bits per heavy atom. The zero-order chi connectivity index (χ0) is 20.1. The van der Waals surface area contributed by atoms with E-state index in [4.69, 9.17) is 0 Å². The fourth-order valence-corrected chi connectivity index (χ4v) is 2.78. The average Bonchev–Trinajstić information content (AvgIpc) is 2.72. The molecule has 1 amide bonds. The first kappa shape index (κ1) is 19.5. The minimum atomic E-state index is -0.0639. The zero-order valence-corrected chi connectivity index (χ0v) is 16.7. The van der Waals surface area contributed by atoms with E-state index in [-0.39, 0.29) is 11.8 Å². The summed E-state index contributed by atoms with van der Waals surface area (Å²) in [4.78, 5) is 27.2. The first-order valence-corrected chi connectivity index (χ1v) is 9.30. The number of amides is 1. The van der Waals surface area contributed by atoms with Crippen LogP contribution in [0.2, 0.25) is 0 Å². The molecule has 0 unspecified atom stereocenters. The van der Waals surface area contributed by atoms with E-state index in [2.05, 4.69) is 34.1 Å². The number of pyridine rings is 1. The fourth-order valence-electron chi connectivity index (χ4n) is 2.78. The third-order valence-electron chi connectivity index (χ3n) is 4.42. The van der Waals surface area contributed by atoms with Crippen molar-refractivity contribution in [3.63, 3.8) is 0 Å². The van der Waals surface area contributed by atoms with Crippen LogP contribution in [0.5, 0.6) is 0 Å².